The minimum absolute atomic E-state index is 0.163. The molecule has 1 saturated carbocycles. The normalized spacial score (nSPS) is 26.3. The minimum atomic E-state index is -3.44. The molecule has 1 saturated heterocycles. The Balaban J connectivity index is 1.31. The lowest BCUT2D eigenvalue weighted by molar-refractivity contribution is -0.108. The number of amides is 1. The van der Waals surface area contributed by atoms with Crippen LogP contribution in [-0.4, -0.2) is 71.5 Å². The number of sulfone groups is 1. The standard InChI is InChI=1S/C25H25F2N5O4S/c26-17-10-25(11-17,24-19(27)5-2-8-28-24)14-29-23-7-6-20(30-31-23)16-3-1-4-18(9-16)32(15-33)21-12-37(35,36)13-22(21)34/h1-9,15,17,21-22,34H,10-14H2,(H,29,31)/t17?,21-,22-,25?/m1/s1. The molecule has 0 radical (unpaired) electrons. The van der Waals surface area contributed by atoms with E-state index in [0.29, 0.717) is 29.2 Å². The predicted octanol–water partition coefficient (Wildman–Crippen LogP) is 2.28. The first-order chi connectivity index (χ1) is 17.7. The minimum Gasteiger partial charge on any atom is -0.390 e. The van der Waals surface area contributed by atoms with Gasteiger partial charge in [0.1, 0.15) is 17.8 Å². The number of aliphatic hydroxyl groups excluding tert-OH is 1. The highest BCUT2D eigenvalue weighted by Crippen LogP contribution is 2.45. The Morgan fingerprint density at radius 2 is 1.95 bits per heavy atom. The molecule has 2 fully saturated rings. The van der Waals surface area contributed by atoms with Crippen molar-refractivity contribution in [3.8, 4) is 11.3 Å². The second-order valence-electron chi connectivity index (χ2n) is 9.55. The van der Waals surface area contributed by atoms with Gasteiger partial charge < -0.3 is 15.3 Å². The molecule has 0 bridgehead atoms. The Morgan fingerprint density at radius 1 is 1.14 bits per heavy atom. The third kappa shape index (κ3) is 5.03. The van der Waals surface area contributed by atoms with Crippen LogP contribution in [0.2, 0.25) is 0 Å². The maximum Gasteiger partial charge on any atom is 0.214 e. The van der Waals surface area contributed by atoms with E-state index in [1.165, 1.54) is 23.2 Å². The van der Waals surface area contributed by atoms with Gasteiger partial charge in [-0.25, -0.2) is 17.2 Å². The molecule has 3 heterocycles. The SMILES string of the molecule is O=CN(c1cccc(-c2ccc(NCC3(c4ncccc4F)CC(F)C3)nn2)c1)[C@@H]1CS(=O)(=O)C[C@H]1O. The smallest absolute Gasteiger partial charge is 0.214 e. The number of anilines is 2. The van der Waals surface area contributed by atoms with Crippen molar-refractivity contribution in [2.75, 3.05) is 28.3 Å². The number of hydrogen-bond donors (Lipinski definition) is 2. The molecule has 37 heavy (non-hydrogen) atoms. The monoisotopic (exact) mass is 529 g/mol. The molecule has 2 N–H and O–H groups in total. The number of hydrogen-bond acceptors (Lipinski definition) is 8. The Labute approximate surface area is 212 Å². The van der Waals surface area contributed by atoms with Crippen molar-refractivity contribution in [3.63, 3.8) is 0 Å². The van der Waals surface area contributed by atoms with E-state index in [1.807, 2.05) is 0 Å². The summed E-state index contributed by atoms with van der Waals surface area (Å²) < 4.78 is 52.0. The first-order valence-electron chi connectivity index (χ1n) is 11.7. The lowest BCUT2D eigenvalue weighted by Crippen LogP contribution is -2.49. The number of aliphatic hydroxyl groups is 1. The highest BCUT2D eigenvalue weighted by Gasteiger charge is 2.48. The second kappa shape index (κ2) is 9.75. The molecule has 1 amide bonds. The maximum absolute atomic E-state index is 14.4. The van der Waals surface area contributed by atoms with Gasteiger partial charge in [-0.2, -0.15) is 0 Å². The van der Waals surface area contributed by atoms with Crippen LogP contribution in [0, 0.1) is 5.82 Å². The molecule has 0 unspecified atom stereocenters. The number of nitrogens with zero attached hydrogens (tertiary/aromatic N) is 4. The zero-order chi connectivity index (χ0) is 26.2. The van der Waals surface area contributed by atoms with Crippen molar-refractivity contribution in [1.82, 2.24) is 15.2 Å². The van der Waals surface area contributed by atoms with Gasteiger partial charge in [-0.15, -0.1) is 10.2 Å². The number of benzene rings is 1. The highest BCUT2D eigenvalue weighted by atomic mass is 32.2. The number of halogens is 2. The van der Waals surface area contributed by atoms with Crippen LogP contribution in [-0.2, 0) is 20.0 Å². The van der Waals surface area contributed by atoms with E-state index in [4.69, 9.17) is 0 Å². The van der Waals surface area contributed by atoms with Gasteiger partial charge in [0.05, 0.1) is 35.0 Å². The summed E-state index contributed by atoms with van der Waals surface area (Å²) >= 11 is 0. The van der Waals surface area contributed by atoms with Gasteiger partial charge in [-0.3, -0.25) is 9.78 Å². The van der Waals surface area contributed by atoms with Gasteiger partial charge >= 0.3 is 0 Å². The summed E-state index contributed by atoms with van der Waals surface area (Å²) in [7, 11) is -3.44. The molecular formula is C25H25F2N5O4S. The fourth-order valence-electron chi connectivity index (χ4n) is 5.06. The van der Waals surface area contributed by atoms with Crippen molar-refractivity contribution in [2.24, 2.45) is 0 Å². The zero-order valence-electron chi connectivity index (χ0n) is 19.7. The number of rotatable bonds is 8. The summed E-state index contributed by atoms with van der Waals surface area (Å²) in [6.45, 7) is 0.242. The van der Waals surface area contributed by atoms with E-state index in [0.717, 1.165) is 0 Å². The van der Waals surface area contributed by atoms with Gasteiger partial charge in [0.2, 0.25) is 6.41 Å². The van der Waals surface area contributed by atoms with Gasteiger partial charge in [0, 0.05) is 29.4 Å². The summed E-state index contributed by atoms with van der Waals surface area (Å²) in [5.74, 6) is -0.747. The second-order valence-corrected chi connectivity index (χ2v) is 11.7. The summed E-state index contributed by atoms with van der Waals surface area (Å²) in [5.41, 5.74) is 1.01. The molecular weight excluding hydrogens is 504 g/mol. The molecule has 1 aliphatic carbocycles. The number of carbonyl (C=O) groups is 1. The highest BCUT2D eigenvalue weighted by molar-refractivity contribution is 7.91. The topological polar surface area (TPSA) is 125 Å². The van der Waals surface area contributed by atoms with Crippen molar-refractivity contribution in [1.29, 1.82) is 0 Å². The lowest BCUT2D eigenvalue weighted by Gasteiger charge is -2.44. The summed E-state index contributed by atoms with van der Waals surface area (Å²) in [5, 5.41) is 21.7. The molecule has 2 aromatic heterocycles. The van der Waals surface area contributed by atoms with E-state index in [2.05, 4.69) is 20.5 Å². The molecule has 0 spiro atoms. The fourth-order valence-corrected chi connectivity index (χ4v) is 6.84. The van der Waals surface area contributed by atoms with Crippen LogP contribution in [0.4, 0.5) is 20.3 Å². The van der Waals surface area contributed by atoms with Gasteiger partial charge in [-0.1, -0.05) is 12.1 Å². The van der Waals surface area contributed by atoms with Crippen LogP contribution >= 0.6 is 0 Å². The number of nitrogens with one attached hydrogen (secondary N) is 1. The number of alkyl halides is 1. The van der Waals surface area contributed by atoms with Crippen molar-refractivity contribution < 1.29 is 27.1 Å². The summed E-state index contributed by atoms with van der Waals surface area (Å²) in [6.07, 6.45) is 0.143. The van der Waals surface area contributed by atoms with Crippen molar-refractivity contribution in [3.05, 3.63) is 66.2 Å². The molecule has 194 valence electrons. The molecule has 1 aliphatic heterocycles. The van der Waals surface area contributed by atoms with Crippen LogP contribution in [0.15, 0.2) is 54.7 Å². The first kappa shape index (κ1) is 25.2. The van der Waals surface area contributed by atoms with Gasteiger partial charge in [0.25, 0.3) is 0 Å². The Kier molecular flexibility index (Phi) is 6.63. The van der Waals surface area contributed by atoms with E-state index in [1.54, 1.807) is 36.4 Å². The third-order valence-electron chi connectivity index (χ3n) is 6.96. The van der Waals surface area contributed by atoms with Crippen LogP contribution in [0.25, 0.3) is 11.3 Å². The van der Waals surface area contributed by atoms with Crippen molar-refractivity contribution >= 4 is 27.8 Å². The van der Waals surface area contributed by atoms with Crippen LogP contribution in [0.1, 0.15) is 18.5 Å². The fraction of sp³-hybridized carbons (Fsp3) is 0.360. The number of aromatic nitrogens is 3. The molecule has 1 aromatic carbocycles. The van der Waals surface area contributed by atoms with Crippen LogP contribution < -0.4 is 10.2 Å². The van der Waals surface area contributed by atoms with Crippen LogP contribution in [0.3, 0.4) is 0 Å². The predicted molar refractivity (Wildman–Crippen MR) is 133 cm³/mol. The van der Waals surface area contributed by atoms with Gasteiger partial charge in [0.15, 0.2) is 9.84 Å². The Morgan fingerprint density at radius 3 is 2.57 bits per heavy atom. The molecule has 3 aromatic rings. The molecule has 5 rings (SSSR count). The molecule has 2 aliphatic rings. The van der Waals surface area contributed by atoms with E-state index in [-0.39, 0.29) is 36.6 Å². The van der Waals surface area contributed by atoms with Crippen molar-refractivity contribution in [2.45, 2.75) is 36.6 Å². The average molecular weight is 530 g/mol. The Hall–Kier alpha value is -3.51. The molecule has 12 heteroatoms. The van der Waals surface area contributed by atoms with E-state index in [9.17, 15) is 27.1 Å². The largest absolute Gasteiger partial charge is 0.390 e. The summed E-state index contributed by atoms with van der Waals surface area (Å²) in [6, 6.07) is 12.1. The molecule has 9 nitrogen and oxygen atoms in total. The van der Waals surface area contributed by atoms with E-state index < -0.39 is 39.4 Å². The zero-order valence-corrected chi connectivity index (χ0v) is 20.5. The summed E-state index contributed by atoms with van der Waals surface area (Å²) in [4.78, 5) is 17.2. The average Bonchev–Trinajstić information content (AvgIpc) is 3.14. The third-order valence-corrected chi connectivity index (χ3v) is 8.66. The maximum atomic E-state index is 14.4. The first-order valence-corrected chi connectivity index (χ1v) is 13.6. The number of carbonyl (C=O) groups excluding carboxylic acids is 1. The van der Waals surface area contributed by atoms with Crippen LogP contribution in [0.5, 0.6) is 0 Å². The Bertz CT molecular complexity index is 1400. The quantitative estimate of drug-likeness (QED) is 0.426. The molecule has 2 atom stereocenters. The lowest BCUT2D eigenvalue weighted by atomic mass is 9.65. The van der Waals surface area contributed by atoms with Gasteiger partial charge in [-0.05, 0) is 49.2 Å². The number of pyridine rings is 1. The van der Waals surface area contributed by atoms with E-state index >= 15 is 0 Å².